The van der Waals surface area contributed by atoms with E-state index in [0.29, 0.717) is 66.7 Å². The summed E-state index contributed by atoms with van der Waals surface area (Å²) in [7, 11) is -13.8. The summed E-state index contributed by atoms with van der Waals surface area (Å²) in [5.41, 5.74) is 5.08. The average Bonchev–Trinajstić information content (AvgIpc) is 3.41. The zero-order chi connectivity index (χ0) is 57.5. The number of carbonyl (C=O) groups is 2. The van der Waals surface area contributed by atoms with Gasteiger partial charge in [0.15, 0.2) is 0 Å². The quantitative estimate of drug-likeness (QED) is 0.0393. The minimum Gasteiger partial charge on any atom is -0.506 e. The van der Waals surface area contributed by atoms with Gasteiger partial charge in [0.2, 0.25) is 0 Å². The molecule has 0 aromatic heterocycles. The van der Waals surface area contributed by atoms with E-state index in [0.717, 1.165) is 17.7 Å². The van der Waals surface area contributed by atoms with Crippen LogP contribution in [0.1, 0.15) is 54.1 Å². The largest absolute Gasteiger partial charge is 0.506 e. The second-order valence-electron chi connectivity index (χ2n) is 19.3. The number of hydrogen-bond acceptors (Lipinski definition) is 13. The number of benzene rings is 9. The van der Waals surface area contributed by atoms with Crippen molar-refractivity contribution >= 4 is 103 Å². The van der Waals surface area contributed by atoms with Crippen LogP contribution < -0.4 is 20.1 Å². The van der Waals surface area contributed by atoms with E-state index in [9.17, 15) is 59.8 Å². The van der Waals surface area contributed by atoms with Crippen LogP contribution in [-0.2, 0) is 30.2 Å². The number of aromatic hydroxyl groups is 2. The highest BCUT2D eigenvalue weighted by Crippen LogP contribution is 2.45. The number of sulfonamides is 2. The molecule has 21 heteroatoms. The van der Waals surface area contributed by atoms with Gasteiger partial charge in [0, 0.05) is 67.1 Å². The summed E-state index contributed by atoms with van der Waals surface area (Å²) < 4.78 is 106. The molecule has 0 amide bonds. The first-order valence-corrected chi connectivity index (χ1v) is 28.8. The van der Waals surface area contributed by atoms with E-state index in [2.05, 4.69) is 14.8 Å². The van der Waals surface area contributed by atoms with Gasteiger partial charge in [0.05, 0.1) is 32.2 Å². The maximum absolute atomic E-state index is 14.3. The van der Waals surface area contributed by atoms with Crippen molar-refractivity contribution in [3.63, 3.8) is 0 Å². The number of hydrogen-bond donors (Lipinski definition) is 8. The number of aryl methyl sites for hydroxylation is 4. The summed E-state index contributed by atoms with van der Waals surface area (Å²) in [4.78, 5) is 28.2. The first kappa shape index (κ1) is 54.1. The second-order valence-corrected chi connectivity index (χ2v) is 24.0. The zero-order valence-electron chi connectivity index (χ0n) is 43.3. The predicted octanol–water partition coefficient (Wildman–Crippen LogP) is 12.0. The molecule has 1 aliphatic heterocycles. The Labute approximate surface area is 458 Å². The first-order chi connectivity index (χ1) is 37.7. The molecule has 8 aromatic rings. The van der Waals surface area contributed by atoms with Crippen molar-refractivity contribution in [2.45, 2.75) is 56.2 Å². The molecular formula is C59H48N4O14S3. The van der Waals surface area contributed by atoms with Crippen LogP contribution in [-0.4, -0.2) is 62.2 Å². The molecule has 0 fully saturated rings. The van der Waals surface area contributed by atoms with Crippen LogP contribution in [0.5, 0.6) is 11.5 Å². The van der Waals surface area contributed by atoms with E-state index in [1.807, 2.05) is 6.92 Å². The number of aromatic carboxylic acids is 2. The zero-order valence-corrected chi connectivity index (χ0v) is 45.7. The van der Waals surface area contributed by atoms with Crippen molar-refractivity contribution in [2.75, 3.05) is 14.8 Å². The van der Waals surface area contributed by atoms with Gasteiger partial charge in [0.1, 0.15) is 38.9 Å². The Morgan fingerprint density at radius 1 is 0.500 bits per heavy atom. The Morgan fingerprint density at radius 2 is 1.00 bits per heavy atom. The fourth-order valence-corrected chi connectivity index (χ4v) is 13.9. The van der Waals surface area contributed by atoms with Crippen molar-refractivity contribution in [3.8, 4) is 33.9 Å². The molecule has 0 unspecified atom stereocenters. The topological polar surface area (TPSA) is 299 Å². The van der Waals surface area contributed by atoms with Crippen molar-refractivity contribution in [1.29, 1.82) is 0 Å². The third-order valence-electron chi connectivity index (χ3n) is 14.0. The van der Waals surface area contributed by atoms with Crippen LogP contribution in [0.3, 0.4) is 0 Å². The van der Waals surface area contributed by atoms with Crippen LogP contribution in [0.15, 0.2) is 158 Å². The summed E-state index contributed by atoms with van der Waals surface area (Å²) in [6.07, 6.45) is 0. The SMILES string of the molecule is Cc1cc(C)c(NS(=O)(=O)c2cc(C(=O)O)c(O)c3ccccc23)c(C)c1/N=c1/ccc2c(-c3ccccc3S(=O)(=O)O)c3ccc(Nc4c(C)cc(C)c(NS(=O)(=O)c5cc(C(=O)O)c(O)c6ccccc56)c4C)cc3oc-2c1. The van der Waals surface area contributed by atoms with Crippen LogP contribution >= 0.6 is 0 Å². The maximum Gasteiger partial charge on any atom is 0.339 e. The lowest BCUT2D eigenvalue weighted by Crippen LogP contribution is -2.17. The van der Waals surface area contributed by atoms with E-state index < -0.39 is 64.7 Å². The molecule has 0 radical (unpaired) electrons. The van der Waals surface area contributed by atoms with Crippen molar-refractivity contribution in [3.05, 3.63) is 183 Å². The fourth-order valence-electron chi connectivity index (χ4n) is 10.3. The number of nitrogens with one attached hydrogen (secondary N) is 3. The molecule has 8 N–H and O–H groups in total. The number of carboxylic acids is 2. The number of nitrogens with zero attached hydrogens (tertiary/aromatic N) is 1. The highest BCUT2D eigenvalue weighted by Gasteiger charge is 2.29. The molecule has 8 aromatic carbocycles. The summed E-state index contributed by atoms with van der Waals surface area (Å²) in [5, 5.41) is 45.7. The standard InChI is InChI=1S/C59H48N4O14S3/c1-29-23-31(3)54(62-78(70,71)49-27-44(58(66)67)56(64)39-15-9-7-13-37(39)49)33(5)52(29)60-35-19-21-41-46(25-35)77-47-26-36(20-22-42(47)51(41)43-17-11-12-18-48(43)80(74,75)76)61-53-30(2)24-32(4)55(34(53)6)63-79(72,73)50-28-45(59(68)69)57(65)40-16-10-8-14-38(40)50/h7-28,60,62-65H,1-6H3,(H,66,67)(H,68,69)(H,74,75,76)/b61-36-. The Kier molecular flexibility index (Phi) is 13.4. The second kappa shape index (κ2) is 19.9. The molecule has 0 saturated heterocycles. The lowest BCUT2D eigenvalue weighted by molar-refractivity contribution is 0.0682. The monoisotopic (exact) mass is 1130 g/mol. The molecule has 0 spiro atoms. The summed E-state index contributed by atoms with van der Waals surface area (Å²) in [6, 6.07) is 33.3. The number of phenols is 2. The first-order valence-electron chi connectivity index (χ1n) is 24.4. The van der Waals surface area contributed by atoms with Gasteiger partial charge in [-0.05, 0) is 117 Å². The molecule has 406 valence electrons. The van der Waals surface area contributed by atoms with Gasteiger partial charge in [-0.1, -0.05) is 78.9 Å². The number of anilines is 4. The third kappa shape index (κ3) is 9.54. The van der Waals surface area contributed by atoms with E-state index in [1.165, 1.54) is 36.4 Å². The van der Waals surface area contributed by atoms with Crippen molar-refractivity contribution in [2.24, 2.45) is 4.99 Å². The van der Waals surface area contributed by atoms with Gasteiger partial charge >= 0.3 is 11.9 Å². The molecule has 0 bridgehead atoms. The smallest absolute Gasteiger partial charge is 0.339 e. The number of carboxylic acid groups (broad SMARTS) is 2. The minimum absolute atomic E-state index is 0.0316. The van der Waals surface area contributed by atoms with E-state index in [1.54, 1.807) is 120 Å². The summed E-state index contributed by atoms with van der Waals surface area (Å²) in [5.74, 6) is -3.96. The minimum atomic E-state index is -4.78. The Morgan fingerprint density at radius 3 is 1.55 bits per heavy atom. The highest BCUT2D eigenvalue weighted by molar-refractivity contribution is 7.93. The highest BCUT2D eigenvalue weighted by atomic mass is 32.2. The molecule has 10 rings (SSSR count). The molecule has 2 aliphatic rings. The summed E-state index contributed by atoms with van der Waals surface area (Å²) >= 11 is 0. The Balaban J connectivity index is 1.08. The van der Waals surface area contributed by atoms with Gasteiger partial charge < -0.3 is 30.2 Å². The molecule has 1 aliphatic carbocycles. The molecular weight excluding hydrogens is 1080 g/mol. The Hall–Kier alpha value is -9.28. The molecule has 80 heavy (non-hydrogen) atoms. The van der Waals surface area contributed by atoms with Crippen LogP contribution in [0.2, 0.25) is 0 Å². The van der Waals surface area contributed by atoms with Crippen LogP contribution in [0, 0.1) is 41.5 Å². The number of fused-ring (bicyclic) bond motifs is 4. The van der Waals surface area contributed by atoms with Gasteiger partial charge in [-0.3, -0.25) is 14.0 Å². The summed E-state index contributed by atoms with van der Waals surface area (Å²) in [6.45, 7) is 10.4. The van der Waals surface area contributed by atoms with Crippen LogP contribution in [0.4, 0.5) is 28.4 Å². The lowest BCUT2D eigenvalue weighted by Gasteiger charge is -2.21. The molecule has 0 saturated carbocycles. The van der Waals surface area contributed by atoms with Crippen molar-refractivity contribution < 1.29 is 64.2 Å². The van der Waals surface area contributed by atoms with Crippen LogP contribution in [0.25, 0.3) is 55.0 Å². The van der Waals surface area contributed by atoms with E-state index >= 15 is 0 Å². The molecule has 0 atom stereocenters. The third-order valence-corrected chi connectivity index (χ3v) is 17.7. The predicted molar refractivity (Wildman–Crippen MR) is 305 cm³/mol. The molecule has 1 heterocycles. The van der Waals surface area contributed by atoms with Gasteiger partial charge in [-0.15, -0.1) is 0 Å². The van der Waals surface area contributed by atoms with E-state index in [-0.39, 0.29) is 64.5 Å². The molecule has 18 nitrogen and oxygen atoms in total. The fraction of sp³-hybridized carbons (Fsp3) is 0.102. The maximum atomic E-state index is 14.3. The van der Waals surface area contributed by atoms with Gasteiger partial charge in [-0.2, -0.15) is 8.42 Å². The normalized spacial score (nSPS) is 12.4. The van der Waals surface area contributed by atoms with E-state index in [4.69, 9.17) is 9.41 Å². The lowest BCUT2D eigenvalue weighted by atomic mass is 9.93. The van der Waals surface area contributed by atoms with Crippen molar-refractivity contribution in [1.82, 2.24) is 0 Å². The Bertz CT molecular complexity index is 4750. The van der Waals surface area contributed by atoms with Gasteiger partial charge in [-0.25, -0.2) is 31.4 Å². The number of rotatable bonds is 13. The van der Waals surface area contributed by atoms with Gasteiger partial charge in [0.25, 0.3) is 30.2 Å². The average molecular weight is 1130 g/mol.